The van der Waals surface area contributed by atoms with E-state index in [1.807, 2.05) is 0 Å². The van der Waals surface area contributed by atoms with Crippen molar-refractivity contribution >= 4 is 17.6 Å². The Balaban J connectivity index is 2.05. The molecule has 0 aromatic rings. The lowest BCUT2D eigenvalue weighted by molar-refractivity contribution is -0.343. The van der Waals surface area contributed by atoms with Crippen molar-refractivity contribution in [1.82, 2.24) is 10.6 Å². The second-order valence-electron chi connectivity index (χ2n) is 11.4. The quantitative estimate of drug-likeness (QED) is 0.0737. The Morgan fingerprint density at radius 3 is 2.09 bits per heavy atom. The van der Waals surface area contributed by atoms with E-state index < -0.39 is 117 Å². The van der Waals surface area contributed by atoms with Gasteiger partial charge in [0, 0.05) is 5.92 Å². The molecule has 0 aliphatic carbocycles. The molecule has 16 nitrogen and oxygen atoms in total. The van der Waals surface area contributed by atoms with Gasteiger partial charge in [-0.25, -0.2) is 0 Å². The second kappa shape index (κ2) is 17.6. The van der Waals surface area contributed by atoms with Gasteiger partial charge in [0.25, 0.3) is 0 Å². The van der Waals surface area contributed by atoms with E-state index in [1.54, 1.807) is 13.8 Å². The Morgan fingerprint density at radius 1 is 0.860 bits per heavy atom. The first kappa shape index (κ1) is 37.4. The molecule has 0 spiro atoms. The van der Waals surface area contributed by atoms with E-state index in [2.05, 4.69) is 17.6 Å². The number of unbranched alkanes of at least 4 members (excludes halogenated alkanes) is 3. The lowest BCUT2D eigenvalue weighted by Crippen LogP contribution is -2.66. The fourth-order valence-corrected chi connectivity index (χ4v) is 4.94. The summed E-state index contributed by atoms with van der Waals surface area (Å²) in [6.45, 7) is 3.74. The Morgan fingerprint density at radius 2 is 1.51 bits per heavy atom. The molecule has 11 N–H and O–H groups in total. The van der Waals surface area contributed by atoms with Crippen LogP contribution in [0.2, 0.25) is 0 Å². The Labute approximate surface area is 250 Å². The highest BCUT2D eigenvalue weighted by molar-refractivity contribution is 5.95. The van der Waals surface area contributed by atoms with Crippen LogP contribution in [0.25, 0.3) is 0 Å². The monoisotopic (exact) mass is 623 g/mol. The number of aliphatic hydroxyl groups excluding tert-OH is 7. The van der Waals surface area contributed by atoms with Gasteiger partial charge in [-0.1, -0.05) is 46.5 Å². The van der Waals surface area contributed by atoms with Gasteiger partial charge in [-0.15, -0.1) is 0 Å². The molecule has 0 aromatic heterocycles. The summed E-state index contributed by atoms with van der Waals surface area (Å²) in [4.78, 5) is 38.4. The average Bonchev–Trinajstić information content (AvgIpc) is 2.97. The van der Waals surface area contributed by atoms with Crippen molar-refractivity contribution in [1.29, 1.82) is 0 Å². The molecule has 43 heavy (non-hydrogen) atoms. The molecule has 250 valence electrons. The number of hydrogen-bond donors (Lipinski definition) is 10. The number of nitrogens with two attached hydrogens (primary N) is 1. The molecule has 2 rings (SSSR count). The van der Waals surface area contributed by atoms with Gasteiger partial charge in [-0.05, 0) is 6.42 Å². The number of hydrogen-bond acceptors (Lipinski definition) is 14. The van der Waals surface area contributed by atoms with Crippen molar-refractivity contribution in [3.8, 4) is 0 Å². The molecular formula is C27H49N3O13. The molecule has 2 aliphatic heterocycles. The van der Waals surface area contributed by atoms with Crippen molar-refractivity contribution in [2.45, 2.75) is 133 Å². The van der Waals surface area contributed by atoms with Crippen molar-refractivity contribution < 1.29 is 64.3 Å². The number of nitrogens with one attached hydrogen (secondary N) is 2. The Kier molecular flexibility index (Phi) is 15.3. The van der Waals surface area contributed by atoms with Crippen LogP contribution in [-0.4, -0.2) is 140 Å². The molecule has 0 bridgehead atoms. The number of carbonyl (C=O) groups excluding carboxylic acids is 3. The van der Waals surface area contributed by atoms with E-state index in [9.17, 15) is 50.1 Å². The lowest BCUT2D eigenvalue weighted by atomic mass is 9.96. The van der Waals surface area contributed by atoms with Gasteiger partial charge in [0.05, 0.1) is 31.7 Å². The molecule has 0 aromatic carbocycles. The molecule has 2 saturated heterocycles. The summed E-state index contributed by atoms with van der Waals surface area (Å²) < 4.78 is 16.3. The molecule has 2 heterocycles. The molecule has 6 unspecified atom stereocenters. The number of Topliss-reactive ketones (excluding diaryl/α,β-unsaturated/α-hetero) is 1. The summed E-state index contributed by atoms with van der Waals surface area (Å²) in [6, 6.07) is -2.09. The first-order chi connectivity index (χ1) is 20.3. The normalized spacial score (nSPS) is 34.4. The summed E-state index contributed by atoms with van der Waals surface area (Å²) in [5.41, 5.74) is 5.98. The zero-order valence-corrected chi connectivity index (χ0v) is 24.8. The van der Waals surface area contributed by atoms with Gasteiger partial charge < -0.3 is 66.3 Å². The molecule has 12 atom stereocenters. The fourth-order valence-electron chi connectivity index (χ4n) is 4.94. The second-order valence-corrected chi connectivity index (χ2v) is 11.4. The largest absolute Gasteiger partial charge is 0.394 e. The van der Waals surface area contributed by atoms with Crippen LogP contribution >= 0.6 is 0 Å². The maximum absolute atomic E-state index is 12.9. The van der Waals surface area contributed by atoms with Gasteiger partial charge in [-0.3, -0.25) is 14.4 Å². The van der Waals surface area contributed by atoms with E-state index in [4.69, 9.17) is 19.9 Å². The number of aliphatic hydroxyl groups is 7. The third kappa shape index (κ3) is 10.1. The SMILES string of the molecule is CCCCCCC(N)C(=O)NC(CC(=O)N[C@@H]1OC(CO)[C@H](O[C@@H]2OC(CO)[C@H](O)[C@H](O)C2O)[C@H](O)C1O)C(=O)C(C)C. The minimum atomic E-state index is -1.84. The van der Waals surface area contributed by atoms with Crippen molar-refractivity contribution in [2.75, 3.05) is 13.2 Å². The van der Waals surface area contributed by atoms with Gasteiger partial charge in [0.1, 0.15) is 48.8 Å². The maximum atomic E-state index is 12.9. The molecule has 0 saturated carbocycles. The highest BCUT2D eigenvalue weighted by Crippen LogP contribution is 2.28. The van der Waals surface area contributed by atoms with Gasteiger partial charge in [-0.2, -0.15) is 0 Å². The summed E-state index contributed by atoms with van der Waals surface area (Å²) in [7, 11) is 0. The van der Waals surface area contributed by atoms with Gasteiger partial charge in [0.2, 0.25) is 11.8 Å². The summed E-state index contributed by atoms with van der Waals surface area (Å²) in [6.07, 6.45) is -12.9. The topological polar surface area (TPSA) is 271 Å². The van der Waals surface area contributed by atoms with Crippen LogP contribution in [0.3, 0.4) is 0 Å². The summed E-state index contributed by atoms with van der Waals surface area (Å²) >= 11 is 0. The molecule has 2 aliphatic rings. The molecule has 2 fully saturated rings. The van der Waals surface area contributed by atoms with Crippen LogP contribution < -0.4 is 16.4 Å². The first-order valence-corrected chi connectivity index (χ1v) is 14.7. The highest BCUT2D eigenvalue weighted by atomic mass is 16.7. The molecule has 0 radical (unpaired) electrons. The lowest BCUT2D eigenvalue weighted by Gasteiger charge is -2.46. The van der Waals surface area contributed by atoms with Gasteiger partial charge in [0.15, 0.2) is 18.3 Å². The van der Waals surface area contributed by atoms with E-state index in [0.717, 1.165) is 25.7 Å². The molecule has 2 amide bonds. The van der Waals surface area contributed by atoms with Crippen LogP contribution in [0.5, 0.6) is 0 Å². The Hall–Kier alpha value is -1.83. The maximum Gasteiger partial charge on any atom is 0.237 e. The number of rotatable bonds is 16. The predicted molar refractivity (Wildman–Crippen MR) is 148 cm³/mol. The Bertz CT molecular complexity index is 892. The van der Waals surface area contributed by atoms with Crippen LogP contribution in [0.1, 0.15) is 59.3 Å². The number of ketones is 1. The minimum absolute atomic E-state index is 0.412. The van der Waals surface area contributed by atoms with E-state index >= 15 is 0 Å². The summed E-state index contributed by atoms with van der Waals surface area (Å²) in [5.74, 6) is -2.36. The zero-order valence-electron chi connectivity index (χ0n) is 24.8. The average molecular weight is 624 g/mol. The van der Waals surface area contributed by atoms with Crippen molar-refractivity contribution in [3.05, 3.63) is 0 Å². The van der Waals surface area contributed by atoms with Crippen LogP contribution in [0.15, 0.2) is 0 Å². The molecule has 16 heteroatoms. The van der Waals surface area contributed by atoms with Crippen LogP contribution in [0, 0.1) is 5.92 Å². The van der Waals surface area contributed by atoms with E-state index in [-0.39, 0.29) is 0 Å². The zero-order chi connectivity index (χ0) is 32.4. The number of ether oxygens (including phenoxy) is 3. The predicted octanol–water partition coefficient (Wildman–Crippen LogP) is -3.88. The van der Waals surface area contributed by atoms with Crippen molar-refractivity contribution in [3.63, 3.8) is 0 Å². The first-order valence-electron chi connectivity index (χ1n) is 14.7. The molecular weight excluding hydrogens is 574 g/mol. The van der Waals surface area contributed by atoms with Gasteiger partial charge >= 0.3 is 0 Å². The van der Waals surface area contributed by atoms with Crippen LogP contribution in [0.4, 0.5) is 0 Å². The minimum Gasteiger partial charge on any atom is -0.394 e. The van der Waals surface area contributed by atoms with Crippen molar-refractivity contribution in [2.24, 2.45) is 11.7 Å². The third-order valence-electron chi connectivity index (χ3n) is 7.63. The summed E-state index contributed by atoms with van der Waals surface area (Å²) in [5, 5.41) is 75.8. The third-order valence-corrected chi connectivity index (χ3v) is 7.63. The number of carbonyl (C=O) groups is 3. The smallest absolute Gasteiger partial charge is 0.237 e. The number of amides is 2. The fraction of sp³-hybridized carbons (Fsp3) is 0.889. The standard InChI is InChI=1S/C27H49N3O13/c1-4-5-6-7-8-13(28)25(40)29-14(18(34)12(2)3)9-17(33)30-26-22(38)21(37)24(16(11-32)41-26)43-27-23(39)20(36)19(35)15(10-31)42-27/h12-16,19-24,26-27,31-32,35-39H,4-11,28H2,1-3H3,(H,29,40)(H,30,33)/t13?,14?,15?,16?,19-,20-,21+,22?,23?,24-,26+,27-/m0/s1. The van der Waals surface area contributed by atoms with Crippen LogP contribution in [-0.2, 0) is 28.6 Å². The van der Waals surface area contributed by atoms with E-state index in [0.29, 0.717) is 6.42 Å². The highest BCUT2D eigenvalue weighted by Gasteiger charge is 2.50. The van der Waals surface area contributed by atoms with E-state index in [1.165, 1.54) is 0 Å².